The van der Waals surface area contributed by atoms with Crippen LogP contribution >= 0.6 is 0 Å². The minimum Gasteiger partial charge on any atom is -0.294 e. The predicted molar refractivity (Wildman–Crippen MR) is 110 cm³/mol. The third-order valence-corrected chi connectivity index (χ3v) is 6.98. The lowest BCUT2D eigenvalue weighted by atomic mass is 9.47. The van der Waals surface area contributed by atoms with Crippen molar-refractivity contribution in [1.29, 1.82) is 0 Å². The van der Waals surface area contributed by atoms with E-state index in [0.29, 0.717) is 11.1 Å². The number of rotatable bonds is 2. The Bertz CT molecular complexity index is 1150. The summed E-state index contributed by atoms with van der Waals surface area (Å²) in [5, 5.41) is 0. The van der Waals surface area contributed by atoms with Gasteiger partial charge in [-0.1, -0.05) is 60.7 Å². The molecule has 2 bridgehead atoms. The third-order valence-electron chi connectivity index (χ3n) is 6.98. The van der Waals surface area contributed by atoms with Gasteiger partial charge in [-0.15, -0.1) is 0 Å². The monoisotopic (exact) mass is 366 g/mol. The van der Waals surface area contributed by atoms with Gasteiger partial charge < -0.3 is 0 Å². The van der Waals surface area contributed by atoms with Crippen molar-refractivity contribution in [3.8, 4) is 0 Å². The first kappa shape index (κ1) is 17.1. The van der Waals surface area contributed by atoms with Gasteiger partial charge in [0.15, 0.2) is 11.6 Å². The highest BCUT2D eigenvalue weighted by Gasteiger charge is 2.55. The van der Waals surface area contributed by atoms with Gasteiger partial charge in [0.05, 0.1) is 0 Å². The summed E-state index contributed by atoms with van der Waals surface area (Å²) in [6.45, 7) is 7.58. The highest BCUT2D eigenvalue weighted by atomic mass is 16.1. The van der Waals surface area contributed by atoms with Crippen LogP contribution in [0.2, 0.25) is 0 Å². The smallest absolute Gasteiger partial charge is 0.160 e. The standard InChI is InChI=1S/C26H22O2/c1-15(27)17-13-14-22-24(23(17)16(2)28)26(4)20-11-7-5-9-18(20)25(22,3)19-10-6-8-12-21(19)26/h5-14H,1-4H3. The van der Waals surface area contributed by atoms with Crippen molar-refractivity contribution in [1.82, 2.24) is 0 Å². The minimum absolute atomic E-state index is 0.0469. The Morgan fingerprint density at radius 3 is 1.50 bits per heavy atom. The quantitative estimate of drug-likeness (QED) is 0.567. The predicted octanol–water partition coefficient (Wildman–Crippen LogP) is 5.43. The SMILES string of the molecule is CC(=O)c1ccc2c(c1C(C)=O)C1(C)c3ccccc3C2(C)c2ccccc21. The van der Waals surface area contributed by atoms with Crippen LogP contribution in [0.4, 0.5) is 0 Å². The molecule has 0 unspecified atom stereocenters. The van der Waals surface area contributed by atoms with E-state index in [-0.39, 0.29) is 17.0 Å². The average Bonchev–Trinajstić information content (AvgIpc) is 2.70. The summed E-state index contributed by atoms with van der Waals surface area (Å²) in [6, 6.07) is 21.0. The van der Waals surface area contributed by atoms with Crippen LogP contribution in [0.15, 0.2) is 60.7 Å². The van der Waals surface area contributed by atoms with E-state index in [0.717, 1.165) is 11.1 Å². The van der Waals surface area contributed by atoms with E-state index < -0.39 is 5.41 Å². The number of carbonyl (C=O) groups excluding carboxylic acids is 2. The molecule has 0 atom stereocenters. The maximum Gasteiger partial charge on any atom is 0.160 e. The molecule has 0 aliphatic heterocycles. The van der Waals surface area contributed by atoms with Gasteiger partial charge in [-0.2, -0.15) is 0 Å². The van der Waals surface area contributed by atoms with Crippen LogP contribution in [0.1, 0.15) is 81.8 Å². The van der Waals surface area contributed by atoms with Crippen LogP contribution in [0.3, 0.4) is 0 Å². The summed E-state index contributed by atoms with van der Waals surface area (Å²) < 4.78 is 0. The molecule has 0 fully saturated rings. The van der Waals surface area contributed by atoms with Gasteiger partial charge in [-0.25, -0.2) is 0 Å². The van der Waals surface area contributed by atoms with Crippen molar-refractivity contribution in [2.75, 3.05) is 0 Å². The normalized spacial score (nSPS) is 23.6. The molecule has 0 aromatic heterocycles. The molecule has 3 aliphatic rings. The lowest BCUT2D eigenvalue weighted by molar-refractivity contribution is 0.0979. The number of Topliss-reactive ketones (excluding diaryl/α,β-unsaturated/α-hetero) is 2. The number of benzene rings is 3. The molecule has 0 radical (unpaired) electrons. The van der Waals surface area contributed by atoms with Crippen molar-refractivity contribution in [3.05, 3.63) is 105 Å². The molecule has 3 aromatic rings. The van der Waals surface area contributed by atoms with E-state index in [9.17, 15) is 9.59 Å². The summed E-state index contributed by atoms with van der Waals surface area (Å²) in [4.78, 5) is 25.2. The molecule has 0 saturated heterocycles. The van der Waals surface area contributed by atoms with Gasteiger partial charge in [0.25, 0.3) is 0 Å². The summed E-state index contributed by atoms with van der Waals surface area (Å²) in [5.41, 5.74) is 7.48. The van der Waals surface area contributed by atoms with E-state index >= 15 is 0 Å². The molecule has 2 heteroatoms. The van der Waals surface area contributed by atoms with Crippen LogP contribution in [-0.4, -0.2) is 11.6 Å². The van der Waals surface area contributed by atoms with Crippen LogP contribution in [0.25, 0.3) is 0 Å². The fourth-order valence-corrected chi connectivity index (χ4v) is 5.76. The zero-order valence-electron chi connectivity index (χ0n) is 16.6. The first-order chi connectivity index (χ1) is 13.3. The van der Waals surface area contributed by atoms with Crippen molar-refractivity contribution in [2.24, 2.45) is 0 Å². The first-order valence-corrected chi connectivity index (χ1v) is 9.72. The molecule has 3 aromatic carbocycles. The second kappa shape index (κ2) is 5.29. The van der Waals surface area contributed by atoms with Crippen molar-refractivity contribution >= 4 is 11.6 Å². The maximum absolute atomic E-state index is 12.8. The molecule has 2 nitrogen and oxygen atoms in total. The fraction of sp³-hybridized carbons (Fsp3) is 0.231. The van der Waals surface area contributed by atoms with Crippen LogP contribution < -0.4 is 0 Å². The zero-order valence-corrected chi connectivity index (χ0v) is 16.6. The second-order valence-corrected chi connectivity index (χ2v) is 8.36. The highest BCUT2D eigenvalue weighted by molar-refractivity contribution is 6.09. The van der Waals surface area contributed by atoms with E-state index in [1.54, 1.807) is 13.8 Å². The van der Waals surface area contributed by atoms with Crippen LogP contribution in [0, 0.1) is 0 Å². The highest BCUT2D eigenvalue weighted by Crippen LogP contribution is 2.62. The summed E-state index contributed by atoms with van der Waals surface area (Å²) in [5.74, 6) is -0.112. The van der Waals surface area contributed by atoms with Gasteiger partial charge in [0.2, 0.25) is 0 Å². The molecular formula is C26H22O2. The Morgan fingerprint density at radius 2 is 1.07 bits per heavy atom. The summed E-state index contributed by atoms with van der Waals surface area (Å²) in [6.07, 6.45) is 0. The molecule has 0 saturated carbocycles. The molecule has 138 valence electrons. The fourth-order valence-electron chi connectivity index (χ4n) is 5.76. The lowest BCUT2D eigenvalue weighted by Gasteiger charge is -2.55. The van der Waals surface area contributed by atoms with Crippen molar-refractivity contribution < 1.29 is 9.59 Å². The lowest BCUT2D eigenvalue weighted by Crippen LogP contribution is -2.49. The Balaban J connectivity index is 2.05. The zero-order chi connectivity index (χ0) is 19.8. The van der Waals surface area contributed by atoms with Gasteiger partial charge in [-0.3, -0.25) is 9.59 Å². The van der Waals surface area contributed by atoms with E-state index in [1.807, 2.05) is 6.07 Å². The minimum atomic E-state index is -0.466. The Hall–Kier alpha value is -3.00. The molecule has 6 rings (SSSR count). The van der Waals surface area contributed by atoms with Crippen molar-refractivity contribution in [2.45, 2.75) is 38.5 Å². The number of hydrogen-bond donors (Lipinski definition) is 0. The number of hydrogen-bond acceptors (Lipinski definition) is 2. The topological polar surface area (TPSA) is 34.1 Å². The number of carbonyl (C=O) groups is 2. The molecular weight excluding hydrogens is 344 g/mol. The van der Waals surface area contributed by atoms with Gasteiger partial charge in [0, 0.05) is 22.0 Å². The van der Waals surface area contributed by atoms with Crippen LogP contribution in [0.5, 0.6) is 0 Å². The summed E-state index contributed by atoms with van der Waals surface area (Å²) >= 11 is 0. The van der Waals surface area contributed by atoms with Gasteiger partial charge in [-0.05, 0) is 61.1 Å². The van der Waals surface area contributed by atoms with Crippen LogP contribution in [-0.2, 0) is 10.8 Å². The molecule has 3 aliphatic carbocycles. The van der Waals surface area contributed by atoms with Gasteiger partial charge in [0.1, 0.15) is 0 Å². The van der Waals surface area contributed by atoms with E-state index in [2.05, 4.69) is 68.4 Å². The van der Waals surface area contributed by atoms with Crippen molar-refractivity contribution in [3.63, 3.8) is 0 Å². The second-order valence-electron chi connectivity index (χ2n) is 8.36. The molecule has 0 heterocycles. The Kier molecular flexibility index (Phi) is 3.23. The Morgan fingerprint density at radius 1 is 0.607 bits per heavy atom. The molecule has 0 amide bonds. The summed E-state index contributed by atoms with van der Waals surface area (Å²) in [7, 11) is 0. The molecule has 28 heavy (non-hydrogen) atoms. The largest absolute Gasteiger partial charge is 0.294 e. The van der Waals surface area contributed by atoms with E-state index in [4.69, 9.17) is 0 Å². The average molecular weight is 366 g/mol. The molecule has 0 spiro atoms. The number of ketones is 2. The molecule has 0 N–H and O–H groups in total. The third kappa shape index (κ3) is 1.74. The van der Waals surface area contributed by atoms with Gasteiger partial charge >= 0.3 is 0 Å². The first-order valence-electron chi connectivity index (χ1n) is 9.72. The maximum atomic E-state index is 12.8. The van der Waals surface area contributed by atoms with E-state index in [1.165, 1.54) is 22.3 Å². The Labute approximate surface area is 165 Å².